The fraction of sp³-hybridized carbons (Fsp3) is 0.200. The molecule has 0 atom stereocenters. The molecule has 0 aliphatic carbocycles. The van der Waals surface area contributed by atoms with E-state index in [4.69, 9.17) is 11.6 Å². The first-order valence-electron chi connectivity index (χ1n) is 6.30. The van der Waals surface area contributed by atoms with Crippen molar-refractivity contribution in [2.45, 2.75) is 17.3 Å². The van der Waals surface area contributed by atoms with Crippen molar-refractivity contribution in [3.05, 3.63) is 65.5 Å². The zero-order valence-electron chi connectivity index (χ0n) is 11.5. The average Bonchev–Trinajstić information content (AvgIpc) is 2.49. The highest BCUT2D eigenvalue weighted by molar-refractivity contribution is 7.89. The van der Waals surface area contributed by atoms with Gasteiger partial charge in [-0.15, -0.1) is 11.6 Å². The molecule has 0 bridgehead atoms. The molecule has 0 saturated carbocycles. The van der Waals surface area contributed by atoms with Crippen molar-refractivity contribution in [1.82, 2.24) is 4.31 Å². The van der Waals surface area contributed by atoms with E-state index >= 15 is 0 Å². The lowest BCUT2D eigenvalue weighted by atomic mass is 10.2. The van der Waals surface area contributed by atoms with Crippen LogP contribution in [0.3, 0.4) is 0 Å². The molecule has 2 aromatic carbocycles. The summed E-state index contributed by atoms with van der Waals surface area (Å²) in [6.45, 7) is -0.0216. The van der Waals surface area contributed by atoms with E-state index in [0.717, 1.165) is 9.87 Å². The second kappa shape index (κ2) is 6.56. The van der Waals surface area contributed by atoms with Gasteiger partial charge in [-0.05, 0) is 23.8 Å². The average molecular weight is 328 g/mol. The summed E-state index contributed by atoms with van der Waals surface area (Å²) < 4.78 is 39.6. The third kappa shape index (κ3) is 3.61. The fourth-order valence-corrected chi connectivity index (χ4v) is 3.21. The van der Waals surface area contributed by atoms with Gasteiger partial charge in [0.1, 0.15) is 5.82 Å². The Morgan fingerprint density at radius 2 is 1.71 bits per heavy atom. The summed E-state index contributed by atoms with van der Waals surface area (Å²) in [5.41, 5.74) is 1.17. The van der Waals surface area contributed by atoms with Gasteiger partial charge < -0.3 is 0 Å². The van der Waals surface area contributed by atoms with Gasteiger partial charge in [0.2, 0.25) is 10.0 Å². The Kier molecular flexibility index (Phi) is 4.98. The second-order valence-electron chi connectivity index (χ2n) is 4.63. The highest BCUT2D eigenvalue weighted by atomic mass is 35.5. The third-order valence-corrected chi connectivity index (χ3v) is 5.26. The van der Waals surface area contributed by atoms with Crippen molar-refractivity contribution in [3.63, 3.8) is 0 Å². The SMILES string of the molecule is CN(Cc1ccccc1F)S(=O)(=O)c1ccc(CCl)cc1. The molecule has 2 rings (SSSR count). The first-order valence-corrected chi connectivity index (χ1v) is 8.27. The van der Waals surface area contributed by atoms with Crippen molar-refractivity contribution in [3.8, 4) is 0 Å². The molecular weight excluding hydrogens is 313 g/mol. The third-order valence-electron chi connectivity index (χ3n) is 3.14. The molecule has 0 unspecified atom stereocenters. The van der Waals surface area contributed by atoms with Crippen molar-refractivity contribution in [2.24, 2.45) is 0 Å². The van der Waals surface area contributed by atoms with Gasteiger partial charge in [0.05, 0.1) is 4.90 Å². The lowest BCUT2D eigenvalue weighted by Gasteiger charge is -2.17. The zero-order chi connectivity index (χ0) is 15.5. The van der Waals surface area contributed by atoms with Gasteiger partial charge in [-0.1, -0.05) is 30.3 Å². The Morgan fingerprint density at radius 1 is 1.10 bits per heavy atom. The van der Waals surface area contributed by atoms with Crippen LogP contribution in [0.2, 0.25) is 0 Å². The van der Waals surface area contributed by atoms with Crippen molar-refractivity contribution in [1.29, 1.82) is 0 Å². The molecule has 0 amide bonds. The normalized spacial score (nSPS) is 11.8. The van der Waals surface area contributed by atoms with E-state index in [1.165, 1.54) is 25.2 Å². The van der Waals surface area contributed by atoms with Crippen LogP contribution >= 0.6 is 11.6 Å². The Hall–Kier alpha value is -1.43. The first kappa shape index (κ1) is 15.9. The van der Waals surface area contributed by atoms with Crippen LogP contribution in [0.5, 0.6) is 0 Å². The highest BCUT2D eigenvalue weighted by Crippen LogP contribution is 2.19. The molecule has 0 saturated heterocycles. The Labute approximate surface area is 129 Å². The highest BCUT2D eigenvalue weighted by Gasteiger charge is 2.21. The van der Waals surface area contributed by atoms with Crippen molar-refractivity contribution < 1.29 is 12.8 Å². The molecule has 0 aromatic heterocycles. The molecule has 2 aromatic rings. The van der Waals surface area contributed by atoms with Gasteiger partial charge in [-0.25, -0.2) is 12.8 Å². The van der Waals surface area contributed by atoms with E-state index in [1.807, 2.05) is 0 Å². The summed E-state index contributed by atoms with van der Waals surface area (Å²) in [4.78, 5) is 0.162. The largest absolute Gasteiger partial charge is 0.243 e. The van der Waals surface area contributed by atoms with Gasteiger partial charge in [-0.3, -0.25) is 0 Å². The van der Waals surface area contributed by atoms with Crippen LogP contribution < -0.4 is 0 Å². The van der Waals surface area contributed by atoms with Crippen LogP contribution in [-0.2, 0) is 22.4 Å². The minimum atomic E-state index is -3.66. The minimum absolute atomic E-state index is 0.0216. The van der Waals surface area contributed by atoms with Crippen LogP contribution in [0, 0.1) is 5.82 Å². The predicted octanol–water partition coefficient (Wildman–Crippen LogP) is 3.39. The number of rotatable bonds is 5. The summed E-state index contributed by atoms with van der Waals surface area (Å²) in [7, 11) is -2.23. The second-order valence-corrected chi connectivity index (χ2v) is 6.94. The van der Waals surface area contributed by atoms with Gasteiger partial charge in [-0.2, -0.15) is 4.31 Å². The first-order chi connectivity index (χ1) is 9.95. The molecular formula is C15H15ClFNO2S. The Bertz CT molecular complexity index is 717. The number of halogens is 2. The zero-order valence-corrected chi connectivity index (χ0v) is 13.0. The van der Waals surface area contributed by atoms with Gasteiger partial charge in [0.15, 0.2) is 0 Å². The topological polar surface area (TPSA) is 37.4 Å². The molecule has 21 heavy (non-hydrogen) atoms. The minimum Gasteiger partial charge on any atom is -0.207 e. The Morgan fingerprint density at radius 3 is 2.29 bits per heavy atom. The molecule has 6 heteroatoms. The van der Waals surface area contributed by atoms with Gasteiger partial charge in [0.25, 0.3) is 0 Å². The van der Waals surface area contributed by atoms with E-state index in [1.54, 1.807) is 30.3 Å². The molecule has 0 spiro atoms. The lowest BCUT2D eigenvalue weighted by molar-refractivity contribution is 0.456. The number of sulfonamides is 1. The van der Waals surface area contributed by atoms with Crippen molar-refractivity contribution in [2.75, 3.05) is 7.05 Å². The van der Waals surface area contributed by atoms with E-state index in [0.29, 0.717) is 11.4 Å². The van der Waals surface area contributed by atoms with Crippen LogP contribution in [-0.4, -0.2) is 19.8 Å². The standard InChI is InChI=1S/C15H15ClFNO2S/c1-18(11-13-4-2-3-5-15(13)17)21(19,20)14-8-6-12(10-16)7-9-14/h2-9H,10-11H2,1H3. The summed E-state index contributed by atoms with van der Waals surface area (Å²) in [6.07, 6.45) is 0. The summed E-state index contributed by atoms with van der Waals surface area (Å²) in [5.74, 6) is -0.0946. The molecule has 0 fully saturated rings. The molecule has 0 aliphatic rings. The smallest absolute Gasteiger partial charge is 0.207 e. The summed E-state index contributed by atoms with van der Waals surface area (Å²) >= 11 is 5.68. The van der Waals surface area contributed by atoms with Gasteiger partial charge in [0, 0.05) is 25.0 Å². The molecule has 112 valence electrons. The molecule has 0 N–H and O–H groups in total. The number of nitrogens with zero attached hydrogens (tertiary/aromatic N) is 1. The Balaban J connectivity index is 2.24. The lowest BCUT2D eigenvalue weighted by Crippen LogP contribution is -2.26. The predicted molar refractivity (Wildman–Crippen MR) is 81.1 cm³/mol. The maximum absolute atomic E-state index is 13.6. The fourth-order valence-electron chi connectivity index (χ4n) is 1.88. The van der Waals surface area contributed by atoms with Crippen LogP contribution in [0.15, 0.2) is 53.4 Å². The van der Waals surface area contributed by atoms with E-state index < -0.39 is 15.8 Å². The molecule has 0 radical (unpaired) electrons. The van der Waals surface area contributed by atoms with Gasteiger partial charge >= 0.3 is 0 Å². The van der Waals surface area contributed by atoms with E-state index in [2.05, 4.69) is 0 Å². The maximum Gasteiger partial charge on any atom is 0.243 e. The maximum atomic E-state index is 13.6. The van der Waals surface area contributed by atoms with Crippen molar-refractivity contribution >= 4 is 21.6 Å². The van der Waals surface area contributed by atoms with Crippen LogP contribution in [0.1, 0.15) is 11.1 Å². The molecule has 3 nitrogen and oxygen atoms in total. The number of hydrogen-bond donors (Lipinski definition) is 0. The summed E-state index contributed by atoms with van der Waals surface area (Å²) in [5, 5.41) is 0. The van der Waals surface area contributed by atoms with E-state index in [-0.39, 0.29) is 11.4 Å². The molecule has 0 heterocycles. The summed E-state index contributed by atoms with van der Waals surface area (Å²) in [6, 6.07) is 12.5. The number of alkyl halides is 1. The molecule has 0 aliphatic heterocycles. The monoisotopic (exact) mass is 327 g/mol. The quantitative estimate of drug-likeness (QED) is 0.789. The number of hydrogen-bond acceptors (Lipinski definition) is 2. The van der Waals surface area contributed by atoms with E-state index in [9.17, 15) is 12.8 Å². The van der Waals surface area contributed by atoms with Crippen LogP contribution in [0.25, 0.3) is 0 Å². The van der Waals surface area contributed by atoms with Crippen LogP contribution in [0.4, 0.5) is 4.39 Å². The number of benzene rings is 2.